The van der Waals surface area contributed by atoms with E-state index in [0.717, 1.165) is 22.2 Å². The number of benzene rings is 2. The molecule has 0 radical (unpaired) electrons. The van der Waals surface area contributed by atoms with Gasteiger partial charge in [-0.3, -0.25) is 14.9 Å². The van der Waals surface area contributed by atoms with Gasteiger partial charge in [-0.1, -0.05) is 41.7 Å². The van der Waals surface area contributed by atoms with Crippen molar-refractivity contribution in [3.8, 4) is 5.75 Å². The van der Waals surface area contributed by atoms with Crippen LogP contribution in [-0.4, -0.2) is 41.4 Å². The van der Waals surface area contributed by atoms with Crippen molar-refractivity contribution in [3.63, 3.8) is 0 Å². The van der Waals surface area contributed by atoms with Crippen molar-refractivity contribution in [2.24, 2.45) is 0 Å². The molecule has 4 rings (SSSR count). The van der Waals surface area contributed by atoms with E-state index in [9.17, 15) is 9.59 Å². The fourth-order valence-electron chi connectivity index (χ4n) is 3.33. The summed E-state index contributed by atoms with van der Waals surface area (Å²) < 4.78 is 5.17. The van der Waals surface area contributed by atoms with E-state index in [1.165, 1.54) is 16.9 Å². The van der Waals surface area contributed by atoms with Crippen LogP contribution in [0.3, 0.4) is 0 Å². The van der Waals surface area contributed by atoms with E-state index in [1.54, 1.807) is 23.8 Å². The topological polar surface area (TPSA) is 84.4 Å². The van der Waals surface area contributed by atoms with Crippen LogP contribution >= 0.6 is 23.1 Å². The molecule has 0 unspecified atom stereocenters. The molecule has 0 aliphatic carbocycles. The first-order chi connectivity index (χ1) is 15.1. The highest BCUT2D eigenvalue weighted by Gasteiger charge is 2.34. The van der Waals surface area contributed by atoms with Crippen LogP contribution in [0.2, 0.25) is 0 Å². The van der Waals surface area contributed by atoms with Crippen molar-refractivity contribution in [1.82, 2.24) is 10.2 Å². The van der Waals surface area contributed by atoms with Crippen molar-refractivity contribution in [2.75, 3.05) is 29.6 Å². The molecule has 9 heteroatoms. The maximum Gasteiger partial charge on any atom is 0.236 e. The SMILES string of the molecule is COc1ccc(N2C[C@@H](c3nnc(NC(=O)CSCc4ccccc4)s3)CC2=O)cc1. The number of anilines is 2. The Labute approximate surface area is 188 Å². The summed E-state index contributed by atoms with van der Waals surface area (Å²) in [5, 5.41) is 12.4. The number of carbonyl (C=O) groups is 2. The summed E-state index contributed by atoms with van der Waals surface area (Å²) in [6.45, 7) is 0.542. The number of thioether (sulfide) groups is 1. The largest absolute Gasteiger partial charge is 0.497 e. The summed E-state index contributed by atoms with van der Waals surface area (Å²) in [6.07, 6.45) is 0.377. The Morgan fingerprint density at radius 1 is 1.19 bits per heavy atom. The highest BCUT2D eigenvalue weighted by atomic mass is 32.2. The first-order valence-electron chi connectivity index (χ1n) is 9.81. The summed E-state index contributed by atoms with van der Waals surface area (Å²) in [4.78, 5) is 26.5. The number of hydrogen-bond donors (Lipinski definition) is 1. The fourth-order valence-corrected chi connectivity index (χ4v) is 4.96. The molecule has 1 fully saturated rings. The maximum atomic E-state index is 12.5. The van der Waals surface area contributed by atoms with Crippen molar-refractivity contribution in [3.05, 3.63) is 65.2 Å². The number of rotatable bonds is 8. The van der Waals surface area contributed by atoms with Gasteiger partial charge >= 0.3 is 0 Å². The second kappa shape index (κ2) is 9.93. The van der Waals surface area contributed by atoms with Crippen molar-refractivity contribution in [2.45, 2.75) is 18.1 Å². The van der Waals surface area contributed by atoms with E-state index in [4.69, 9.17) is 4.74 Å². The zero-order valence-corrected chi connectivity index (χ0v) is 18.6. The number of nitrogens with one attached hydrogen (secondary N) is 1. The van der Waals surface area contributed by atoms with Gasteiger partial charge in [0.1, 0.15) is 10.8 Å². The lowest BCUT2D eigenvalue weighted by atomic mass is 10.1. The average molecular weight is 455 g/mol. The van der Waals surface area contributed by atoms with Crippen LogP contribution < -0.4 is 15.0 Å². The van der Waals surface area contributed by atoms with Gasteiger partial charge in [-0.2, -0.15) is 0 Å². The molecule has 0 bridgehead atoms. The highest BCUT2D eigenvalue weighted by Crippen LogP contribution is 2.34. The summed E-state index contributed by atoms with van der Waals surface area (Å²) in [5.41, 5.74) is 2.02. The van der Waals surface area contributed by atoms with Crippen molar-refractivity contribution < 1.29 is 14.3 Å². The standard InChI is InChI=1S/C22H22N4O3S2/c1-29-18-9-7-17(8-10-18)26-12-16(11-20(26)28)21-24-25-22(31-21)23-19(27)14-30-13-15-5-3-2-4-6-15/h2-10,16H,11-14H2,1H3,(H,23,25,27)/t16-/m0/s1. The van der Waals surface area contributed by atoms with Crippen molar-refractivity contribution >= 4 is 45.7 Å². The predicted molar refractivity (Wildman–Crippen MR) is 124 cm³/mol. The summed E-state index contributed by atoms with van der Waals surface area (Å²) in [7, 11) is 1.61. The molecule has 1 aliphatic rings. The van der Waals surface area contributed by atoms with Crippen LogP contribution in [0.4, 0.5) is 10.8 Å². The zero-order chi connectivity index (χ0) is 21.6. The molecule has 0 spiro atoms. The fraction of sp³-hybridized carbons (Fsp3) is 0.273. The first-order valence-corrected chi connectivity index (χ1v) is 11.8. The van der Waals surface area contributed by atoms with E-state index in [0.29, 0.717) is 23.8 Å². The van der Waals surface area contributed by atoms with Crippen LogP contribution in [0.1, 0.15) is 22.9 Å². The molecule has 3 aromatic rings. The summed E-state index contributed by atoms with van der Waals surface area (Å²) in [5.74, 6) is 1.78. The monoisotopic (exact) mass is 454 g/mol. The lowest BCUT2D eigenvalue weighted by Crippen LogP contribution is -2.24. The van der Waals surface area contributed by atoms with Gasteiger partial charge in [-0.25, -0.2) is 0 Å². The predicted octanol–water partition coefficient (Wildman–Crippen LogP) is 3.94. The number of nitrogens with zero attached hydrogens (tertiary/aromatic N) is 3. The smallest absolute Gasteiger partial charge is 0.236 e. The first kappa shape index (κ1) is 21.3. The molecule has 2 aromatic carbocycles. The molecule has 1 aromatic heterocycles. The number of hydrogen-bond acceptors (Lipinski definition) is 7. The van der Waals surface area contributed by atoms with E-state index in [2.05, 4.69) is 15.5 Å². The number of methoxy groups -OCH3 is 1. The van der Waals surface area contributed by atoms with E-state index in [1.807, 2.05) is 54.6 Å². The van der Waals surface area contributed by atoms with E-state index in [-0.39, 0.29) is 17.7 Å². The Balaban J connectivity index is 1.30. The molecule has 1 N–H and O–H groups in total. The van der Waals surface area contributed by atoms with Gasteiger partial charge in [0.15, 0.2) is 0 Å². The van der Waals surface area contributed by atoms with Crippen LogP contribution in [0.25, 0.3) is 0 Å². The van der Waals surface area contributed by atoms with Crippen LogP contribution in [-0.2, 0) is 15.3 Å². The van der Waals surface area contributed by atoms with Gasteiger partial charge in [0.05, 0.1) is 12.9 Å². The molecular weight excluding hydrogens is 432 g/mol. The molecule has 1 atom stereocenters. The minimum atomic E-state index is -0.106. The van der Waals surface area contributed by atoms with Crippen LogP contribution in [0.5, 0.6) is 5.75 Å². The molecule has 1 saturated heterocycles. The maximum absolute atomic E-state index is 12.5. The number of aromatic nitrogens is 2. The Bertz CT molecular complexity index is 1040. The number of ether oxygens (including phenoxy) is 1. The minimum Gasteiger partial charge on any atom is -0.497 e. The van der Waals surface area contributed by atoms with Gasteiger partial charge in [-0.05, 0) is 29.8 Å². The third-order valence-corrected chi connectivity index (χ3v) is 6.90. The Morgan fingerprint density at radius 2 is 1.97 bits per heavy atom. The molecule has 1 aliphatic heterocycles. The quantitative estimate of drug-likeness (QED) is 0.555. The third-order valence-electron chi connectivity index (χ3n) is 4.89. The summed E-state index contributed by atoms with van der Waals surface area (Å²) >= 11 is 2.88. The highest BCUT2D eigenvalue weighted by molar-refractivity contribution is 7.99. The number of amides is 2. The lowest BCUT2D eigenvalue weighted by Gasteiger charge is -2.16. The molecular formula is C22H22N4O3S2. The Hall–Kier alpha value is -2.91. The van der Waals surface area contributed by atoms with Crippen molar-refractivity contribution in [1.29, 1.82) is 0 Å². The molecule has 0 saturated carbocycles. The van der Waals surface area contributed by atoms with Crippen LogP contribution in [0, 0.1) is 0 Å². The molecule has 31 heavy (non-hydrogen) atoms. The van der Waals surface area contributed by atoms with Gasteiger partial charge in [-0.15, -0.1) is 22.0 Å². The molecule has 2 amide bonds. The molecule has 160 valence electrons. The van der Waals surface area contributed by atoms with Gasteiger partial charge in [0.2, 0.25) is 16.9 Å². The van der Waals surface area contributed by atoms with Crippen LogP contribution in [0.15, 0.2) is 54.6 Å². The normalized spacial score (nSPS) is 15.8. The van der Waals surface area contributed by atoms with Gasteiger partial charge in [0, 0.05) is 30.3 Å². The van der Waals surface area contributed by atoms with Gasteiger partial charge in [0.25, 0.3) is 0 Å². The number of carbonyl (C=O) groups excluding carboxylic acids is 2. The second-order valence-corrected chi connectivity index (χ2v) is 9.07. The van der Waals surface area contributed by atoms with E-state index >= 15 is 0 Å². The molecule has 7 nitrogen and oxygen atoms in total. The van der Waals surface area contributed by atoms with Gasteiger partial charge < -0.3 is 9.64 Å². The Kier molecular flexibility index (Phi) is 6.83. The average Bonchev–Trinajstić information content (AvgIpc) is 3.41. The Morgan fingerprint density at radius 3 is 2.71 bits per heavy atom. The minimum absolute atomic E-state index is 0.0368. The second-order valence-electron chi connectivity index (χ2n) is 7.08. The zero-order valence-electron chi connectivity index (χ0n) is 17.0. The summed E-state index contributed by atoms with van der Waals surface area (Å²) in [6, 6.07) is 17.5. The molecule has 2 heterocycles. The lowest BCUT2D eigenvalue weighted by molar-refractivity contribution is -0.117. The van der Waals surface area contributed by atoms with E-state index < -0.39 is 0 Å². The third kappa shape index (κ3) is 5.42.